The number of pyridine rings is 1. The summed E-state index contributed by atoms with van der Waals surface area (Å²) in [5.41, 5.74) is 3.47. The van der Waals surface area contributed by atoms with E-state index in [9.17, 15) is 13.2 Å². The second kappa shape index (κ2) is 9.29. The third kappa shape index (κ3) is 4.84. The monoisotopic (exact) mass is 450 g/mol. The van der Waals surface area contributed by atoms with E-state index in [2.05, 4.69) is 14.7 Å². The fourth-order valence-corrected chi connectivity index (χ4v) is 4.62. The van der Waals surface area contributed by atoms with E-state index in [1.807, 2.05) is 41.0 Å². The van der Waals surface area contributed by atoms with Crippen molar-refractivity contribution >= 4 is 27.0 Å². The average molecular weight is 451 g/mol. The molecule has 0 fully saturated rings. The zero-order valence-corrected chi connectivity index (χ0v) is 18.2. The van der Waals surface area contributed by atoms with Crippen LogP contribution >= 0.6 is 0 Å². The van der Waals surface area contributed by atoms with Crippen LogP contribution in [0.15, 0.2) is 84.3 Å². The number of hydrogen-bond donors (Lipinski definition) is 1. The van der Waals surface area contributed by atoms with Gasteiger partial charge in [-0.1, -0.05) is 42.5 Å². The number of benzene rings is 2. The first kappa shape index (κ1) is 21.7. The lowest BCUT2D eigenvalue weighted by Crippen LogP contribution is -2.42. The topological polar surface area (TPSA) is 103 Å². The molecule has 0 radical (unpaired) electrons. The van der Waals surface area contributed by atoms with Crippen molar-refractivity contribution in [1.29, 1.82) is 0 Å². The molecule has 0 aliphatic rings. The van der Waals surface area contributed by atoms with Gasteiger partial charge in [-0.25, -0.2) is 13.4 Å². The molecule has 0 saturated heterocycles. The lowest BCUT2D eigenvalue weighted by molar-refractivity contribution is -0.142. The summed E-state index contributed by atoms with van der Waals surface area (Å²) < 4.78 is 35.1. The molecule has 32 heavy (non-hydrogen) atoms. The Bertz CT molecular complexity index is 1320. The Hall–Kier alpha value is -3.56. The molecule has 1 atom stereocenters. The SMILES string of the molecule is COC(=O)C(Cc1ccccc1)NS(=O)(=O)c1ccc(Cn2cnc3cnccc32)cc1. The van der Waals surface area contributed by atoms with Gasteiger partial charge in [0.2, 0.25) is 10.0 Å². The Kier molecular flexibility index (Phi) is 6.29. The number of aromatic nitrogens is 3. The Morgan fingerprint density at radius 2 is 1.81 bits per heavy atom. The lowest BCUT2D eigenvalue weighted by atomic mass is 10.1. The first-order valence-electron chi connectivity index (χ1n) is 9.94. The van der Waals surface area contributed by atoms with Gasteiger partial charge < -0.3 is 9.30 Å². The highest BCUT2D eigenvalue weighted by Gasteiger charge is 2.26. The first-order chi connectivity index (χ1) is 15.5. The second-order valence-corrected chi connectivity index (χ2v) is 8.98. The molecule has 4 rings (SSSR count). The molecule has 2 heterocycles. The maximum absolute atomic E-state index is 12.9. The minimum absolute atomic E-state index is 0.0721. The molecule has 1 N–H and O–H groups in total. The van der Waals surface area contributed by atoms with Crippen LogP contribution in [0.5, 0.6) is 0 Å². The van der Waals surface area contributed by atoms with Crippen LogP contribution < -0.4 is 4.72 Å². The van der Waals surface area contributed by atoms with Crippen molar-refractivity contribution in [3.8, 4) is 0 Å². The molecule has 8 nitrogen and oxygen atoms in total. The van der Waals surface area contributed by atoms with Crippen molar-refractivity contribution in [2.45, 2.75) is 23.9 Å². The van der Waals surface area contributed by atoms with E-state index in [0.717, 1.165) is 22.2 Å². The van der Waals surface area contributed by atoms with Crippen LogP contribution in [-0.4, -0.2) is 42.1 Å². The van der Waals surface area contributed by atoms with E-state index < -0.39 is 22.0 Å². The van der Waals surface area contributed by atoms with Crippen molar-refractivity contribution in [3.05, 3.63) is 90.5 Å². The van der Waals surface area contributed by atoms with Gasteiger partial charge in [0.15, 0.2) is 0 Å². The summed E-state index contributed by atoms with van der Waals surface area (Å²) in [6.07, 6.45) is 5.31. The number of sulfonamides is 1. The predicted molar refractivity (Wildman–Crippen MR) is 119 cm³/mol. The van der Waals surface area contributed by atoms with E-state index >= 15 is 0 Å². The van der Waals surface area contributed by atoms with E-state index in [1.165, 1.54) is 19.2 Å². The molecule has 0 aliphatic carbocycles. The third-order valence-corrected chi connectivity index (χ3v) is 6.56. The molecule has 2 aromatic heterocycles. The van der Waals surface area contributed by atoms with Gasteiger partial charge in [-0.15, -0.1) is 0 Å². The standard InChI is InChI=1S/C23H22N4O4S/c1-31-23(28)20(13-17-5-3-2-4-6-17)26-32(29,30)19-9-7-18(8-10-19)15-27-16-25-21-14-24-12-11-22(21)27/h2-12,14,16,20,26H,13,15H2,1H3. The van der Waals surface area contributed by atoms with Crippen molar-refractivity contribution in [3.63, 3.8) is 0 Å². The van der Waals surface area contributed by atoms with Crippen molar-refractivity contribution in [2.24, 2.45) is 0 Å². The molecule has 1 unspecified atom stereocenters. The molecule has 9 heteroatoms. The number of ether oxygens (including phenoxy) is 1. The predicted octanol–water partition coefficient (Wildman–Crippen LogP) is 2.54. The normalized spacial score (nSPS) is 12.5. The zero-order valence-electron chi connectivity index (χ0n) is 17.4. The maximum atomic E-state index is 12.9. The Balaban J connectivity index is 1.50. The molecule has 0 bridgehead atoms. The minimum atomic E-state index is -3.93. The Morgan fingerprint density at radius 1 is 1.06 bits per heavy atom. The number of nitrogens with one attached hydrogen (secondary N) is 1. The van der Waals surface area contributed by atoms with Crippen LogP contribution in [0.25, 0.3) is 11.0 Å². The van der Waals surface area contributed by atoms with E-state index in [4.69, 9.17) is 4.74 Å². The van der Waals surface area contributed by atoms with E-state index in [1.54, 1.807) is 30.9 Å². The molecule has 0 saturated carbocycles. The molecule has 0 spiro atoms. The van der Waals surface area contributed by atoms with Gasteiger partial charge in [0.05, 0.1) is 30.0 Å². The number of nitrogens with zero attached hydrogens (tertiary/aromatic N) is 3. The van der Waals surface area contributed by atoms with Crippen LogP contribution in [0.2, 0.25) is 0 Å². The summed E-state index contributed by atoms with van der Waals surface area (Å²) in [7, 11) is -2.69. The second-order valence-electron chi connectivity index (χ2n) is 7.27. The summed E-state index contributed by atoms with van der Waals surface area (Å²) in [5.74, 6) is -0.643. The highest BCUT2D eigenvalue weighted by molar-refractivity contribution is 7.89. The zero-order chi connectivity index (χ0) is 22.6. The lowest BCUT2D eigenvalue weighted by Gasteiger charge is -2.17. The molecule has 0 amide bonds. The van der Waals surface area contributed by atoms with Crippen molar-refractivity contribution in [2.75, 3.05) is 7.11 Å². The number of imidazole rings is 1. The molecule has 4 aromatic rings. The molecule has 2 aromatic carbocycles. The Morgan fingerprint density at radius 3 is 2.53 bits per heavy atom. The number of carbonyl (C=O) groups excluding carboxylic acids is 1. The number of fused-ring (bicyclic) bond motifs is 1. The number of methoxy groups -OCH3 is 1. The van der Waals surface area contributed by atoms with E-state index in [-0.39, 0.29) is 11.3 Å². The summed E-state index contributed by atoms with van der Waals surface area (Å²) in [6, 6.07) is 16.6. The van der Waals surface area contributed by atoms with Gasteiger partial charge in [-0.3, -0.25) is 9.78 Å². The van der Waals surface area contributed by atoms with Crippen LogP contribution in [0.4, 0.5) is 0 Å². The van der Waals surface area contributed by atoms with Gasteiger partial charge in [0, 0.05) is 12.7 Å². The Labute approximate surface area is 185 Å². The van der Waals surface area contributed by atoms with Crippen LogP contribution in [0, 0.1) is 0 Å². The molecular weight excluding hydrogens is 428 g/mol. The van der Waals surface area contributed by atoms with Crippen LogP contribution in [0.3, 0.4) is 0 Å². The fraction of sp³-hybridized carbons (Fsp3) is 0.174. The number of rotatable bonds is 8. The first-order valence-corrected chi connectivity index (χ1v) is 11.4. The molecule has 164 valence electrons. The van der Waals surface area contributed by atoms with Gasteiger partial charge in [-0.2, -0.15) is 4.72 Å². The number of carbonyl (C=O) groups is 1. The summed E-state index contributed by atoms with van der Waals surface area (Å²) in [6.45, 7) is 0.535. The van der Waals surface area contributed by atoms with Crippen LogP contribution in [-0.2, 0) is 32.5 Å². The maximum Gasteiger partial charge on any atom is 0.324 e. The number of esters is 1. The van der Waals surface area contributed by atoms with Gasteiger partial charge in [-0.05, 0) is 35.7 Å². The average Bonchev–Trinajstić information content (AvgIpc) is 3.22. The van der Waals surface area contributed by atoms with Crippen LogP contribution in [0.1, 0.15) is 11.1 Å². The number of hydrogen-bond acceptors (Lipinski definition) is 6. The highest BCUT2D eigenvalue weighted by atomic mass is 32.2. The van der Waals surface area contributed by atoms with Gasteiger partial charge in [0.25, 0.3) is 0 Å². The quantitative estimate of drug-likeness (QED) is 0.414. The third-order valence-electron chi connectivity index (χ3n) is 5.08. The largest absolute Gasteiger partial charge is 0.468 e. The summed E-state index contributed by atoms with van der Waals surface area (Å²) in [5, 5.41) is 0. The molecule has 0 aliphatic heterocycles. The highest BCUT2D eigenvalue weighted by Crippen LogP contribution is 2.16. The van der Waals surface area contributed by atoms with Gasteiger partial charge >= 0.3 is 5.97 Å². The molecular formula is C23H22N4O4S. The van der Waals surface area contributed by atoms with E-state index in [0.29, 0.717) is 6.54 Å². The summed E-state index contributed by atoms with van der Waals surface area (Å²) >= 11 is 0. The van der Waals surface area contributed by atoms with Crippen molar-refractivity contribution < 1.29 is 17.9 Å². The summed E-state index contributed by atoms with van der Waals surface area (Å²) in [4.78, 5) is 20.6. The van der Waals surface area contributed by atoms with Gasteiger partial charge in [0.1, 0.15) is 11.6 Å². The van der Waals surface area contributed by atoms with Crippen molar-refractivity contribution in [1.82, 2.24) is 19.3 Å². The smallest absolute Gasteiger partial charge is 0.324 e. The minimum Gasteiger partial charge on any atom is -0.468 e. The fourth-order valence-electron chi connectivity index (χ4n) is 3.43.